The first-order valence-electron chi connectivity index (χ1n) is 5.01. The second-order valence-electron chi connectivity index (χ2n) is 3.69. The van der Waals surface area contributed by atoms with E-state index in [1.165, 1.54) is 0 Å². The number of hydrogen-bond donors (Lipinski definition) is 3. The van der Waals surface area contributed by atoms with Crippen molar-refractivity contribution >= 4 is 12.0 Å². The van der Waals surface area contributed by atoms with Crippen LogP contribution in [0, 0.1) is 0 Å². The molecule has 0 spiro atoms. The van der Waals surface area contributed by atoms with Gasteiger partial charge in [-0.3, -0.25) is 4.79 Å². The summed E-state index contributed by atoms with van der Waals surface area (Å²) in [6.07, 6.45) is -0.784. The second-order valence-corrected chi connectivity index (χ2v) is 3.69. The molecule has 1 aromatic rings. The number of fused-ring (bicyclic) bond motifs is 1. The Kier molecular flexibility index (Phi) is 2.76. The van der Waals surface area contributed by atoms with Crippen LogP contribution in [0.15, 0.2) is 24.3 Å². The predicted octanol–water partition coefficient (Wildman–Crippen LogP) is 0.495. The SMILES string of the molecule is O=C(O)N[C@H]1Cc2ccccc2CNC1=O. The highest BCUT2D eigenvalue weighted by atomic mass is 16.4. The van der Waals surface area contributed by atoms with Gasteiger partial charge < -0.3 is 15.7 Å². The highest BCUT2D eigenvalue weighted by Gasteiger charge is 2.24. The van der Waals surface area contributed by atoms with E-state index >= 15 is 0 Å². The third-order valence-electron chi connectivity index (χ3n) is 2.61. The Hall–Kier alpha value is -2.04. The van der Waals surface area contributed by atoms with Crippen LogP contribution in [0.1, 0.15) is 11.1 Å². The number of carboxylic acid groups (broad SMARTS) is 1. The summed E-state index contributed by atoms with van der Waals surface area (Å²) in [6, 6.07) is 6.91. The first kappa shape index (κ1) is 10.5. The molecular weight excluding hydrogens is 208 g/mol. The van der Waals surface area contributed by atoms with Crippen LogP contribution in [-0.2, 0) is 17.8 Å². The third-order valence-corrected chi connectivity index (χ3v) is 2.61. The van der Waals surface area contributed by atoms with E-state index in [-0.39, 0.29) is 5.91 Å². The lowest BCUT2D eigenvalue weighted by atomic mass is 10.0. The van der Waals surface area contributed by atoms with Crippen molar-refractivity contribution in [3.8, 4) is 0 Å². The quantitative estimate of drug-likeness (QED) is 0.644. The molecule has 0 bridgehead atoms. The molecule has 1 aromatic carbocycles. The highest BCUT2D eigenvalue weighted by molar-refractivity contribution is 5.86. The van der Waals surface area contributed by atoms with E-state index in [0.29, 0.717) is 13.0 Å². The van der Waals surface area contributed by atoms with Crippen molar-refractivity contribution in [2.24, 2.45) is 0 Å². The van der Waals surface area contributed by atoms with Crippen LogP contribution in [-0.4, -0.2) is 23.1 Å². The van der Waals surface area contributed by atoms with Crippen LogP contribution in [0.2, 0.25) is 0 Å². The molecule has 0 saturated carbocycles. The Morgan fingerprint density at radius 3 is 2.75 bits per heavy atom. The van der Waals surface area contributed by atoms with Crippen molar-refractivity contribution in [2.75, 3.05) is 0 Å². The minimum Gasteiger partial charge on any atom is -0.465 e. The topological polar surface area (TPSA) is 78.4 Å². The molecule has 1 aliphatic rings. The molecule has 0 unspecified atom stereocenters. The van der Waals surface area contributed by atoms with Gasteiger partial charge in [-0.1, -0.05) is 24.3 Å². The molecule has 0 saturated heterocycles. The molecule has 16 heavy (non-hydrogen) atoms. The van der Waals surface area contributed by atoms with Gasteiger partial charge in [-0.15, -0.1) is 0 Å². The van der Waals surface area contributed by atoms with Gasteiger partial charge in [0, 0.05) is 13.0 Å². The van der Waals surface area contributed by atoms with Crippen LogP contribution in [0.4, 0.5) is 4.79 Å². The van der Waals surface area contributed by atoms with E-state index < -0.39 is 12.1 Å². The maximum absolute atomic E-state index is 11.6. The first-order valence-corrected chi connectivity index (χ1v) is 5.01. The lowest BCUT2D eigenvalue weighted by Gasteiger charge is -2.12. The molecule has 84 valence electrons. The summed E-state index contributed by atoms with van der Waals surface area (Å²) in [4.78, 5) is 22.1. The van der Waals surface area contributed by atoms with Crippen molar-refractivity contribution < 1.29 is 14.7 Å². The number of carbonyl (C=O) groups is 2. The summed E-state index contributed by atoms with van der Waals surface area (Å²) in [5.41, 5.74) is 2.03. The number of carbonyl (C=O) groups excluding carboxylic acids is 1. The summed E-state index contributed by atoms with van der Waals surface area (Å²) in [7, 11) is 0. The average Bonchev–Trinajstić information content (AvgIpc) is 2.39. The molecule has 3 N–H and O–H groups in total. The monoisotopic (exact) mass is 220 g/mol. The Morgan fingerprint density at radius 1 is 1.38 bits per heavy atom. The molecular formula is C11H12N2O3. The van der Waals surface area contributed by atoms with E-state index in [4.69, 9.17) is 5.11 Å². The second kappa shape index (κ2) is 4.22. The Labute approximate surface area is 92.5 Å². The molecule has 0 aromatic heterocycles. The van der Waals surface area contributed by atoms with E-state index in [1.54, 1.807) is 0 Å². The van der Waals surface area contributed by atoms with E-state index in [2.05, 4.69) is 10.6 Å². The van der Waals surface area contributed by atoms with Crippen molar-refractivity contribution in [1.29, 1.82) is 0 Å². The Balaban J connectivity index is 2.24. The van der Waals surface area contributed by atoms with Crippen LogP contribution in [0.25, 0.3) is 0 Å². The average molecular weight is 220 g/mol. The minimum atomic E-state index is -1.18. The summed E-state index contributed by atoms with van der Waals surface area (Å²) < 4.78 is 0. The molecule has 5 heteroatoms. The maximum atomic E-state index is 11.6. The summed E-state index contributed by atoms with van der Waals surface area (Å²) in [6.45, 7) is 0.451. The number of hydrogen-bond acceptors (Lipinski definition) is 2. The molecule has 1 aliphatic heterocycles. The van der Waals surface area contributed by atoms with Gasteiger partial charge in [0.15, 0.2) is 0 Å². The zero-order valence-electron chi connectivity index (χ0n) is 8.56. The minimum absolute atomic E-state index is 0.279. The number of rotatable bonds is 1. The van der Waals surface area contributed by atoms with E-state index in [0.717, 1.165) is 11.1 Å². The lowest BCUT2D eigenvalue weighted by Crippen LogP contribution is -2.45. The van der Waals surface area contributed by atoms with Crippen LogP contribution in [0.3, 0.4) is 0 Å². The van der Waals surface area contributed by atoms with Gasteiger partial charge in [-0.05, 0) is 11.1 Å². The number of benzene rings is 1. The molecule has 1 atom stereocenters. The number of nitrogens with one attached hydrogen (secondary N) is 2. The fourth-order valence-electron chi connectivity index (χ4n) is 1.81. The van der Waals surface area contributed by atoms with Crippen molar-refractivity contribution in [1.82, 2.24) is 10.6 Å². The van der Waals surface area contributed by atoms with Crippen molar-refractivity contribution in [3.05, 3.63) is 35.4 Å². The molecule has 2 rings (SSSR count). The standard InChI is InChI=1S/C11H12N2O3/c14-10-9(13-11(15)16)5-7-3-1-2-4-8(7)6-12-10/h1-4,9,13H,5-6H2,(H,12,14)(H,15,16)/t9-/m0/s1. The van der Waals surface area contributed by atoms with E-state index in [9.17, 15) is 9.59 Å². The highest BCUT2D eigenvalue weighted by Crippen LogP contribution is 2.14. The molecule has 2 amide bonds. The Morgan fingerprint density at radius 2 is 2.06 bits per heavy atom. The summed E-state index contributed by atoms with van der Waals surface area (Å²) >= 11 is 0. The van der Waals surface area contributed by atoms with Crippen molar-refractivity contribution in [3.63, 3.8) is 0 Å². The molecule has 1 heterocycles. The molecule has 0 aliphatic carbocycles. The zero-order valence-corrected chi connectivity index (χ0v) is 8.56. The van der Waals surface area contributed by atoms with Gasteiger partial charge in [0.05, 0.1) is 0 Å². The van der Waals surface area contributed by atoms with Crippen LogP contribution in [0.5, 0.6) is 0 Å². The predicted molar refractivity (Wildman–Crippen MR) is 56.9 cm³/mol. The maximum Gasteiger partial charge on any atom is 0.405 e. The summed E-state index contributed by atoms with van der Waals surface area (Å²) in [5, 5.41) is 13.5. The normalized spacial score (nSPS) is 19.2. The Bertz CT molecular complexity index is 431. The van der Waals surface area contributed by atoms with Gasteiger partial charge in [-0.2, -0.15) is 0 Å². The smallest absolute Gasteiger partial charge is 0.405 e. The largest absolute Gasteiger partial charge is 0.465 e. The van der Waals surface area contributed by atoms with Gasteiger partial charge in [0.2, 0.25) is 5.91 Å². The fraction of sp³-hybridized carbons (Fsp3) is 0.273. The van der Waals surface area contributed by atoms with Gasteiger partial charge in [0.25, 0.3) is 0 Å². The molecule has 0 radical (unpaired) electrons. The lowest BCUT2D eigenvalue weighted by molar-refractivity contribution is -0.122. The molecule has 0 fully saturated rings. The van der Waals surface area contributed by atoms with Crippen molar-refractivity contribution in [2.45, 2.75) is 19.0 Å². The van der Waals surface area contributed by atoms with Gasteiger partial charge in [-0.25, -0.2) is 4.79 Å². The fourth-order valence-corrected chi connectivity index (χ4v) is 1.81. The third kappa shape index (κ3) is 2.13. The first-order chi connectivity index (χ1) is 7.66. The van der Waals surface area contributed by atoms with Gasteiger partial charge in [0.1, 0.15) is 6.04 Å². The van der Waals surface area contributed by atoms with E-state index in [1.807, 2.05) is 24.3 Å². The van der Waals surface area contributed by atoms with Crippen LogP contribution >= 0.6 is 0 Å². The summed E-state index contributed by atoms with van der Waals surface area (Å²) in [5.74, 6) is -0.279. The number of amides is 2. The van der Waals surface area contributed by atoms with Crippen LogP contribution < -0.4 is 10.6 Å². The van der Waals surface area contributed by atoms with Gasteiger partial charge >= 0.3 is 6.09 Å². The molecule has 5 nitrogen and oxygen atoms in total. The zero-order chi connectivity index (χ0) is 11.5.